The largest absolute Gasteiger partial charge is 0.310 e. The van der Waals surface area contributed by atoms with Crippen molar-refractivity contribution in [2.24, 2.45) is 11.8 Å². The highest BCUT2D eigenvalue weighted by atomic mass is 15.1. The number of aryl methyl sites for hydroxylation is 4. The van der Waals surface area contributed by atoms with Crippen molar-refractivity contribution >= 4 is 34.1 Å². The molecule has 6 rings (SSSR count). The van der Waals surface area contributed by atoms with Gasteiger partial charge in [-0.05, 0) is 146 Å². The van der Waals surface area contributed by atoms with Gasteiger partial charge in [0, 0.05) is 34.1 Å². The Bertz CT molecular complexity index is 1870. The normalized spacial score (nSPS) is 11.3. The zero-order valence-corrected chi connectivity index (χ0v) is 31.2. The van der Waals surface area contributed by atoms with Crippen LogP contribution in [0, 0.1) is 39.5 Å². The lowest BCUT2D eigenvalue weighted by Crippen LogP contribution is -2.12. The van der Waals surface area contributed by atoms with Gasteiger partial charge in [0.1, 0.15) is 0 Å². The monoisotopic (exact) mass is 656 g/mol. The van der Waals surface area contributed by atoms with Gasteiger partial charge in [0.05, 0.1) is 0 Å². The van der Waals surface area contributed by atoms with Crippen LogP contribution in [-0.4, -0.2) is 0 Å². The Balaban J connectivity index is 1.32. The summed E-state index contributed by atoms with van der Waals surface area (Å²) in [5.41, 5.74) is 17.3. The first-order valence-electron chi connectivity index (χ1n) is 18.2. The molecule has 6 aromatic carbocycles. The zero-order valence-electron chi connectivity index (χ0n) is 31.2. The summed E-state index contributed by atoms with van der Waals surface area (Å²) in [6.07, 6.45) is 2.18. The predicted octanol–water partition coefficient (Wildman–Crippen LogP) is 13.9. The van der Waals surface area contributed by atoms with Crippen LogP contribution in [0.15, 0.2) is 133 Å². The molecule has 0 aliphatic heterocycles. The van der Waals surface area contributed by atoms with Crippen LogP contribution in [0.1, 0.15) is 61.1 Å². The van der Waals surface area contributed by atoms with E-state index in [9.17, 15) is 0 Å². The van der Waals surface area contributed by atoms with Gasteiger partial charge in [-0.3, -0.25) is 0 Å². The van der Waals surface area contributed by atoms with Gasteiger partial charge in [-0.25, -0.2) is 0 Å². The number of hydrogen-bond acceptors (Lipinski definition) is 2. The van der Waals surface area contributed by atoms with Crippen molar-refractivity contribution < 1.29 is 0 Å². The molecule has 6 aromatic rings. The number of anilines is 6. The maximum absolute atomic E-state index is 2.38. The van der Waals surface area contributed by atoms with Crippen molar-refractivity contribution in [3.05, 3.63) is 167 Å². The highest BCUT2D eigenvalue weighted by molar-refractivity contribution is 5.82. The third-order valence-electron chi connectivity index (χ3n) is 9.45. The van der Waals surface area contributed by atoms with Gasteiger partial charge in [0.15, 0.2) is 0 Å². The molecule has 50 heavy (non-hydrogen) atoms. The Morgan fingerprint density at radius 2 is 0.680 bits per heavy atom. The molecule has 0 fully saturated rings. The maximum Gasteiger partial charge on any atom is 0.0490 e. The van der Waals surface area contributed by atoms with Crippen LogP contribution in [0.2, 0.25) is 0 Å². The van der Waals surface area contributed by atoms with E-state index in [-0.39, 0.29) is 0 Å². The molecule has 0 heterocycles. The Morgan fingerprint density at radius 3 is 0.960 bits per heavy atom. The summed E-state index contributed by atoms with van der Waals surface area (Å²) in [4.78, 5) is 4.77. The summed E-state index contributed by atoms with van der Waals surface area (Å²) in [7, 11) is 0. The van der Waals surface area contributed by atoms with Crippen LogP contribution in [0.3, 0.4) is 0 Å². The van der Waals surface area contributed by atoms with Crippen molar-refractivity contribution in [2.45, 2.75) is 68.2 Å². The molecule has 0 amide bonds. The van der Waals surface area contributed by atoms with E-state index in [2.05, 4.69) is 199 Å². The topological polar surface area (TPSA) is 6.48 Å². The fourth-order valence-corrected chi connectivity index (χ4v) is 7.08. The SMILES string of the molecule is Cc1ccc(N(c2ccc(CC(C)C)cc2)c2ccc(-c3ccc(N(c4ccc(CC(C)C)cc4)c4ccc(C)cc4C)cc3)cc2)c(C)c1. The first-order valence-corrected chi connectivity index (χ1v) is 18.2. The summed E-state index contributed by atoms with van der Waals surface area (Å²) in [5, 5.41) is 0. The van der Waals surface area contributed by atoms with Gasteiger partial charge >= 0.3 is 0 Å². The lowest BCUT2D eigenvalue weighted by Gasteiger charge is -2.28. The fourth-order valence-electron chi connectivity index (χ4n) is 7.08. The molecule has 0 radical (unpaired) electrons. The second-order valence-electron chi connectivity index (χ2n) is 14.9. The molecule has 2 heteroatoms. The van der Waals surface area contributed by atoms with Crippen LogP contribution < -0.4 is 9.80 Å². The van der Waals surface area contributed by atoms with Crippen LogP contribution >= 0.6 is 0 Å². The fraction of sp³-hybridized carbons (Fsp3) is 0.250. The van der Waals surface area contributed by atoms with E-state index in [1.54, 1.807) is 0 Å². The van der Waals surface area contributed by atoms with Gasteiger partial charge in [-0.2, -0.15) is 0 Å². The van der Waals surface area contributed by atoms with Gasteiger partial charge in [-0.1, -0.05) is 112 Å². The standard InChI is InChI=1S/C48H52N2/c1-33(2)29-39-11-19-43(20-12-39)49(47-27-9-35(5)31-37(47)7)45-23-15-41(16-24-45)42-17-25-46(26-18-42)50(48-28-10-36(6)32-38(48)8)44-21-13-40(14-22-44)30-34(3)4/h9-28,31-34H,29-30H2,1-8H3. The second-order valence-corrected chi connectivity index (χ2v) is 14.9. The smallest absolute Gasteiger partial charge is 0.0490 e. The molecule has 0 unspecified atom stereocenters. The van der Waals surface area contributed by atoms with Crippen LogP contribution in [0.4, 0.5) is 34.1 Å². The van der Waals surface area contributed by atoms with E-state index in [0.29, 0.717) is 11.8 Å². The molecule has 0 atom stereocenters. The molecule has 0 N–H and O–H groups in total. The molecule has 0 bridgehead atoms. The molecule has 0 aromatic heterocycles. The third-order valence-corrected chi connectivity index (χ3v) is 9.45. The minimum atomic E-state index is 0.633. The van der Waals surface area contributed by atoms with Gasteiger partial charge in [-0.15, -0.1) is 0 Å². The molecule has 0 aliphatic rings. The van der Waals surface area contributed by atoms with E-state index in [1.165, 1.54) is 67.3 Å². The van der Waals surface area contributed by atoms with Crippen molar-refractivity contribution in [3.8, 4) is 11.1 Å². The van der Waals surface area contributed by atoms with Gasteiger partial charge < -0.3 is 9.80 Å². The molecular formula is C48H52N2. The molecule has 0 saturated heterocycles. The van der Waals surface area contributed by atoms with E-state index < -0.39 is 0 Å². The first kappa shape index (κ1) is 34.8. The van der Waals surface area contributed by atoms with Gasteiger partial charge in [0.2, 0.25) is 0 Å². The molecule has 0 saturated carbocycles. The quantitative estimate of drug-likeness (QED) is 0.137. The number of rotatable bonds is 11. The van der Waals surface area contributed by atoms with E-state index in [0.717, 1.165) is 24.2 Å². The minimum absolute atomic E-state index is 0.633. The molecular weight excluding hydrogens is 605 g/mol. The number of benzene rings is 6. The highest BCUT2D eigenvalue weighted by Gasteiger charge is 2.17. The average molecular weight is 657 g/mol. The highest BCUT2D eigenvalue weighted by Crippen LogP contribution is 2.40. The number of nitrogens with zero attached hydrogens (tertiary/aromatic N) is 2. The second kappa shape index (κ2) is 15.2. The summed E-state index contributed by atoms with van der Waals surface area (Å²) in [6.45, 7) is 17.8. The molecule has 254 valence electrons. The third kappa shape index (κ3) is 8.03. The minimum Gasteiger partial charge on any atom is -0.310 e. The van der Waals surface area contributed by atoms with Crippen molar-refractivity contribution in [3.63, 3.8) is 0 Å². The summed E-state index contributed by atoms with van der Waals surface area (Å²) < 4.78 is 0. The van der Waals surface area contributed by atoms with Crippen LogP contribution in [0.25, 0.3) is 11.1 Å². The van der Waals surface area contributed by atoms with Crippen LogP contribution in [0.5, 0.6) is 0 Å². The summed E-state index contributed by atoms with van der Waals surface area (Å²) in [5.74, 6) is 1.27. The lowest BCUT2D eigenvalue weighted by molar-refractivity contribution is 0.647. The van der Waals surface area contributed by atoms with E-state index in [1.807, 2.05) is 0 Å². The number of hydrogen-bond donors (Lipinski definition) is 0. The Kier molecular flexibility index (Phi) is 10.6. The summed E-state index contributed by atoms with van der Waals surface area (Å²) in [6, 6.07) is 49.7. The lowest BCUT2D eigenvalue weighted by atomic mass is 10.0. The predicted molar refractivity (Wildman–Crippen MR) is 217 cm³/mol. The molecule has 0 aliphatic carbocycles. The maximum atomic E-state index is 2.38. The molecule has 0 spiro atoms. The van der Waals surface area contributed by atoms with Crippen molar-refractivity contribution in [2.75, 3.05) is 9.80 Å². The Morgan fingerprint density at radius 1 is 0.380 bits per heavy atom. The first-order chi connectivity index (χ1) is 24.0. The zero-order chi connectivity index (χ0) is 35.4. The van der Waals surface area contributed by atoms with E-state index >= 15 is 0 Å². The summed E-state index contributed by atoms with van der Waals surface area (Å²) >= 11 is 0. The molecule has 2 nitrogen and oxygen atoms in total. The van der Waals surface area contributed by atoms with Crippen molar-refractivity contribution in [1.82, 2.24) is 0 Å². The van der Waals surface area contributed by atoms with Crippen molar-refractivity contribution in [1.29, 1.82) is 0 Å². The van der Waals surface area contributed by atoms with Crippen LogP contribution in [-0.2, 0) is 12.8 Å². The Hall–Kier alpha value is -5.08. The average Bonchev–Trinajstić information content (AvgIpc) is 3.08. The Labute approximate surface area is 301 Å². The van der Waals surface area contributed by atoms with Gasteiger partial charge in [0.25, 0.3) is 0 Å². The van der Waals surface area contributed by atoms with E-state index in [4.69, 9.17) is 0 Å².